The standard InChI is InChI=1S/C29H60NO7P/c1-5-6-7-8-9-10-11-12-13-14-15-16-17-18-19-20-23-34-26-29(22-21-24-35-29)27-37-38(32,33)36-25-28(31)30(2,3)4/h28H,5-27H2,1-4H3,(H,32,33). The lowest BCUT2D eigenvalue weighted by molar-refractivity contribution is -0.969. The first-order valence-corrected chi connectivity index (χ1v) is 16.9. The maximum Gasteiger partial charge on any atom is 0.472 e. The third-order valence-electron chi connectivity index (χ3n) is 7.43. The number of unbranched alkanes of at least 4 members (excludes halogenated alkanes) is 15. The van der Waals surface area contributed by atoms with Crippen LogP contribution < -0.4 is 5.11 Å². The molecule has 1 aliphatic rings. The van der Waals surface area contributed by atoms with E-state index in [1.807, 2.05) is 0 Å². The minimum Gasteiger partial charge on any atom is -0.804 e. The van der Waals surface area contributed by atoms with Crippen LogP contribution in [0, 0.1) is 0 Å². The van der Waals surface area contributed by atoms with E-state index in [9.17, 15) is 14.6 Å². The second kappa shape index (κ2) is 20.8. The van der Waals surface area contributed by atoms with Crippen LogP contribution in [0.5, 0.6) is 0 Å². The SMILES string of the molecule is CCCCCCCCCCCCCCCCCCOCC1(COP(=O)(O)OCC([O-])[N+](C)(C)C)CCCO1. The van der Waals surface area contributed by atoms with Gasteiger partial charge in [0.25, 0.3) is 0 Å². The molecular formula is C29H60NO7P. The molecule has 1 aliphatic heterocycles. The van der Waals surface area contributed by atoms with Gasteiger partial charge in [-0.15, -0.1) is 0 Å². The molecule has 0 amide bonds. The summed E-state index contributed by atoms with van der Waals surface area (Å²) in [6.45, 7) is 3.34. The van der Waals surface area contributed by atoms with E-state index in [-0.39, 0.29) is 11.1 Å². The van der Waals surface area contributed by atoms with Crippen molar-refractivity contribution in [3.05, 3.63) is 0 Å². The number of hydrogen-bond donors (Lipinski definition) is 1. The van der Waals surface area contributed by atoms with Crippen LogP contribution >= 0.6 is 7.82 Å². The van der Waals surface area contributed by atoms with Gasteiger partial charge < -0.3 is 24.0 Å². The highest BCUT2D eigenvalue weighted by molar-refractivity contribution is 7.47. The molecule has 0 aromatic heterocycles. The second-order valence-electron chi connectivity index (χ2n) is 12.1. The zero-order chi connectivity index (χ0) is 28.2. The Bertz CT molecular complexity index is 608. The van der Waals surface area contributed by atoms with Crippen LogP contribution in [0.25, 0.3) is 0 Å². The van der Waals surface area contributed by atoms with E-state index in [0.29, 0.717) is 26.2 Å². The van der Waals surface area contributed by atoms with Gasteiger partial charge in [0.2, 0.25) is 0 Å². The molecule has 0 aromatic carbocycles. The lowest BCUT2D eigenvalue weighted by Crippen LogP contribution is -2.55. The van der Waals surface area contributed by atoms with Crippen molar-refractivity contribution in [2.75, 3.05) is 54.2 Å². The van der Waals surface area contributed by atoms with Crippen LogP contribution in [0.2, 0.25) is 0 Å². The van der Waals surface area contributed by atoms with Crippen LogP contribution in [-0.4, -0.2) is 75.4 Å². The summed E-state index contributed by atoms with van der Waals surface area (Å²) < 4.78 is 34.2. The molecule has 3 unspecified atom stereocenters. The van der Waals surface area contributed by atoms with Gasteiger partial charge in [0.05, 0.1) is 41.0 Å². The van der Waals surface area contributed by atoms with Crippen LogP contribution in [0.3, 0.4) is 0 Å². The van der Waals surface area contributed by atoms with Gasteiger partial charge in [0.1, 0.15) is 5.60 Å². The third-order valence-corrected chi connectivity index (χ3v) is 8.36. The lowest BCUT2D eigenvalue weighted by atomic mass is 10.0. The number of phosphoric acid groups is 1. The highest BCUT2D eigenvalue weighted by Gasteiger charge is 2.39. The summed E-state index contributed by atoms with van der Waals surface area (Å²) in [6.07, 6.45) is 21.8. The molecule has 1 fully saturated rings. The quantitative estimate of drug-likeness (QED) is 0.0566. The van der Waals surface area contributed by atoms with Crippen molar-refractivity contribution in [1.82, 2.24) is 0 Å². The number of nitrogens with zero attached hydrogens (tertiary/aromatic N) is 1. The summed E-state index contributed by atoms with van der Waals surface area (Å²) in [5, 5.41) is 12.0. The minimum absolute atomic E-state index is 0.0836. The van der Waals surface area contributed by atoms with E-state index in [4.69, 9.17) is 18.5 Å². The topological polar surface area (TPSA) is 97.3 Å². The van der Waals surface area contributed by atoms with Gasteiger partial charge in [-0.25, -0.2) is 4.57 Å². The average molecular weight is 566 g/mol. The molecule has 0 aromatic rings. The van der Waals surface area contributed by atoms with Crippen molar-refractivity contribution < 1.29 is 37.6 Å². The first-order chi connectivity index (χ1) is 18.1. The normalized spacial score (nSPS) is 20.6. The molecule has 0 aliphatic carbocycles. The van der Waals surface area contributed by atoms with Crippen molar-refractivity contribution in [3.8, 4) is 0 Å². The maximum atomic E-state index is 12.3. The summed E-state index contributed by atoms with van der Waals surface area (Å²) in [5.74, 6) is 0. The fraction of sp³-hybridized carbons (Fsp3) is 1.00. The van der Waals surface area contributed by atoms with Gasteiger partial charge in [-0.2, -0.15) is 0 Å². The number of likely N-dealkylation sites (N-methyl/N-ethyl adjacent to an activating group) is 1. The monoisotopic (exact) mass is 565 g/mol. The number of quaternary nitrogens is 1. The molecule has 0 radical (unpaired) electrons. The van der Waals surface area contributed by atoms with Crippen molar-refractivity contribution in [3.63, 3.8) is 0 Å². The van der Waals surface area contributed by atoms with Crippen LogP contribution in [0.4, 0.5) is 0 Å². The van der Waals surface area contributed by atoms with E-state index in [2.05, 4.69) is 6.92 Å². The number of phosphoric ester groups is 1. The van der Waals surface area contributed by atoms with Crippen molar-refractivity contribution in [2.24, 2.45) is 0 Å². The average Bonchev–Trinajstić information content (AvgIpc) is 3.34. The highest BCUT2D eigenvalue weighted by atomic mass is 31.2. The highest BCUT2D eigenvalue weighted by Crippen LogP contribution is 2.45. The Morgan fingerprint density at radius 3 is 1.79 bits per heavy atom. The zero-order valence-corrected chi connectivity index (χ0v) is 26.0. The summed E-state index contributed by atoms with van der Waals surface area (Å²) in [4.78, 5) is 10.0. The Labute approximate surface area is 234 Å². The molecule has 0 spiro atoms. The predicted octanol–water partition coefficient (Wildman–Crippen LogP) is 6.34. The largest absolute Gasteiger partial charge is 0.804 e. The van der Waals surface area contributed by atoms with Crippen molar-refractivity contribution >= 4 is 7.82 Å². The smallest absolute Gasteiger partial charge is 0.472 e. The molecule has 38 heavy (non-hydrogen) atoms. The lowest BCUT2D eigenvalue weighted by Gasteiger charge is -2.38. The van der Waals surface area contributed by atoms with E-state index in [0.717, 1.165) is 19.3 Å². The van der Waals surface area contributed by atoms with Crippen LogP contribution in [0.1, 0.15) is 122 Å². The second-order valence-corrected chi connectivity index (χ2v) is 13.6. The van der Waals surface area contributed by atoms with Gasteiger partial charge in [-0.1, -0.05) is 103 Å². The molecule has 1 saturated heterocycles. The number of rotatable bonds is 26. The summed E-state index contributed by atoms with van der Waals surface area (Å²) in [5.41, 5.74) is -0.728. The molecule has 3 atom stereocenters. The van der Waals surface area contributed by atoms with Crippen molar-refractivity contribution in [1.29, 1.82) is 0 Å². The maximum absolute atomic E-state index is 12.3. The Morgan fingerprint density at radius 2 is 1.34 bits per heavy atom. The molecule has 1 N–H and O–H groups in total. The minimum atomic E-state index is -4.33. The predicted molar refractivity (Wildman–Crippen MR) is 152 cm³/mol. The molecule has 9 heteroatoms. The summed E-state index contributed by atoms with van der Waals surface area (Å²) >= 11 is 0. The van der Waals surface area contributed by atoms with Gasteiger partial charge in [-0.05, 0) is 19.3 Å². The first-order valence-electron chi connectivity index (χ1n) is 15.4. The molecule has 1 heterocycles. The Balaban J connectivity index is 2.03. The number of ether oxygens (including phenoxy) is 2. The van der Waals surface area contributed by atoms with E-state index < -0.39 is 26.3 Å². The fourth-order valence-corrected chi connectivity index (χ4v) is 5.44. The van der Waals surface area contributed by atoms with Crippen LogP contribution in [0.15, 0.2) is 0 Å². The van der Waals surface area contributed by atoms with E-state index >= 15 is 0 Å². The van der Waals surface area contributed by atoms with Crippen LogP contribution in [-0.2, 0) is 23.1 Å². The fourth-order valence-electron chi connectivity index (χ4n) is 4.65. The Hall–Kier alpha value is -0.0500. The molecule has 0 saturated carbocycles. The molecule has 8 nitrogen and oxygen atoms in total. The van der Waals surface area contributed by atoms with Gasteiger partial charge in [0.15, 0.2) is 0 Å². The first kappa shape index (κ1) is 36.0. The molecule has 1 rings (SSSR count). The molecular weight excluding hydrogens is 505 g/mol. The van der Waals surface area contributed by atoms with Gasteiger partial charge in [0, 0.05) is 19.4 Å². The molecule has 228 valence electrons. The van der Waals surface area contributed by atoms with E-state index in [1.54, 1.807) is 21.1 Å². The summed E-state index contributed by atoms with van der Waals surface area (Å²) in [7, 11) is 0.797. The van der Waals surface area contributed by atoms with Gasteiger partial charge in [-0.3, -0.25) is 9.05 Å². The third kappa shape index (κ3) is 18.3. The van der Waals surface area contributed by atoms with Crippen molar-refractivity contribution in [2.45, 2.75) is 134 Å². The Morgan fingerprint density at radius 1 is 0.842 bits per heavy atom. The van der Waals surface area contributed by atoms with Gasteiger partial charge >= 0.3 is 7.82 Å². The summed E-state index contributed by atoms with van der Waals surface area (Å²) in [6, 6.07) is 0. The zero-order valence-electron chi connectivity index (χ0n) is 25.1. The molecule has 0 bridgehead atoms. The number of hydrogen-bond acceptors (Lipinski definition) is 6. The van der Waals surface area contributed by atoms with E-state index in [1.165, 1.54) is 89.9 Å². The Kier molecular flexibility index (Phi) is 19.7.